The van der Waals surface area contributed by atoms with E-state index >= 15 is 0 Å². The van der Waals surface area contributed by atoms with Crippen molar-refractivity contribution in [1.29, 1.82) is 0 Å². The van der Waals surface area contributed by atoms with Crippen LogP contribution in [0.1, 0.15) is 30.6 Å². The molecule has 4 nitrogen and oxygen atoms in total. The number of hydrogen-bond donors (Lipinski definition) is 1. The molecule has 2 heterocycles. The number of aromatic nitrogens is 2. The Kier molecular flexibility index (Phi) is 2.50. The van der Waals surface area contributed by atoms with Crippen molar-refractivity contribution in [2.45, 2.75) is 39.7 Å². The molecule has 0 saturated heterocycles. The summed E-state index contributed by atoms with van der Waals surface area (Å²) < 4.78 is 2.19. The highest BCUT2D eigenvalue weighted by Crippen LogP contribution is 2.22. The lowest BCUT2D eigenvalue weighted by Gasteiger charge is -2.09. The third kappa shape index (κ3) is 1.76. The minimum absolute atomic E-state index is 0.329. The Morgan fingerprint density at radius 3 is 3.07 bits per heavy atom. The van der Waals surface area contributed by atoms with Gasteiger partial charge in [0.15, 0.2) is 0 Å². The zero-order valence-corrected chi connectivity index (χ0v) is 9.16. The maximum atomic E-state index is 10.8. The van der Waals surface area contributed by atoms with Crippen molar-refractivity contribution in [3.8, 4) is 0 Å². The third-order valence-corrected chi connectivity index (χ3v) is 3.05. The second kappa shape index (κ2) is 3.68. The number of rotatable bonds is 3. The zero-order chi connectivity index (χ0) is 11.0. The number of aryl methyl sites for hydroxylation is 2. The molecule has 4 heteroatoms. The van der Waals surface area contributed by atoms with E-state index in [2.05, 4.69) is 9.55 Å². The minimum Gasteiger partial charge on any atom is -0.481 e. The van der Waals surface area contributed by atoms with Crippen molar-refractivity contribution in [3.05, 3.63) is 17.2 Å². The first-order chi connectivity index (χ1) is 7.09. The van der Waals surface area contributed by atoms with Crippen LogP contribution in [-0.4, -0.2) is 20.6 Å². The van der Waals surface area contributed by atoms with E-state index in [-0.39, 0.29) is 5.92 Å². The predicted molar refractivity (Wildman–Crippen MR) is 55.8 cm³/mol. The van der Waals surface area contributed by atoms with E-state index in [1.807, 2.05) is 6.92 Å². The third-order valence-electron chi connectivity index (χ3n) is 3.05. The summed E-state index contributed by atoms with van der Waals surface area (Å²) in [5.41, 5.74) is 2.11. The van der Waals surface area contributed by atoms with Crippen LogP contribution in [-0.2, 0) is 24.2 Å². The van der Waals surface area contributed by atoms with E-state index in [0.29, 0.717) is 6.42 Å². The van der Waals surface area contributed by atoms with Gasteiger partial charge in [-0.3, -0.25) is 4.79 Å². The van der Waals surface area contributed by atoms with Gasteiger partial charge in [0.1, 0.15) is 5.82 Å². The molecule has 1 atom stereocenters. The molecule has 1 aromatic heterocycles. The van der Waals surface area contributed by atoms with Gasteiger partial charge in [-0.05, 0) is 13.3 Å². The van der Waals surface area contributed by atoms with Crippen molar-refractivity contribution >= 4 is 5.97 Å². The Labute approximate surface area is 88.9 Å². The molecule has 1 aliphatic heterocycles. The number of fused-ring (bicyclic) bond motifs is 1. The van der Waals surface area contributed by atoms with Crippen LogP contribution in [0.25, 0.3) is 0 Å². The summed E-state index contributed by atoms with van der Waals surface area (Å²) in [5.74, 6) is 0.0631. The van der Waals surface area contributed by atoms with Gasteiger partial charge in [-0.1, -0.05) is 6.92 Å². The predicted octanol–water partition coefficient (Wildman–Crippen LogP) is 1.40. The lowest BCUT2D eigenvalue weighted by atomic mass is 10.0. The average Bonchev–Trinajstić information content (AvgIpc) is 2.69. The standard InChI is InChI=1S/C11H16N2O2/c1-7(11(14)15)6-9-8(2)12-10-4-3-5-13(9)10/h7H,3-6H2,1-2H3,(H,14,15). The maximum Gasteiger partial charge on any atom is 0.306 e. The first kappa shape index (κ1) is 10.2. The molecule has 0 radical (unpaired) electrons. The van der Waals surface area contributed by atoms with Crippen molar-refractivity contribution in [2.75, 3.05) is 0 Å². The molecule has 0 fully saturated rings. The SMILES string of the molecule is Cc1nc2n(c1CC(C)C(=O)O)CCC2. The molecule has 0 aromatic carbocycles. The molecule has 1 N–H and O–H groups in total. The molecule has 0 aliphatic carbocycles. The summed E-state index contributed by atoms with van der Waals surface area (Å²) in [6, 6.07) is 0. The van der Waals surface area contributed by atoms with E-state index in [1.165, 1.54) is 0 Å². The quantitative estimate of drug-likeness (QED) is 0.816. The van der Waals surface area contributed by atoms with Gasteiger partial charge in [0.05, 0.1) is 11.6 Å². The number of imidazole rings is 1. The number of carboxylic acids is 1. The minimum atomic E-state index is -0.733. The first-order valence-corrected chi connectivity index (χ1v) is 5.37. The summed E-state index contributed by atoms with van der Waals surface area (Å²) in [7, 11) is 0. The van der Waals surface area contributed by atoms with Crippen molar-refractivity contribution in [3.63, 3.8) is 0 Å². The molecule has 0 spiro atoms. The molecule has 15 heavy (non-hydrogen) atoms. The molecule has 1 unspecified atom stereocenters. The number of nitrogens with zero attached hydrogens (tertiary/aromatic N) is 2. The molecular weight excluding hydrogens is 192 g/mol. The molecule has 0 bridgehead atoms. The summed E-state index contributed by atoms with van der Waals surface area (Å²) in [5, 5.41) is 8.89. The van der Waals surface area contributed by atoms with E-state index in [4.69, 9.17) is 5.11 Å². The Balaban J connectivity index is 2.24. The Morgan fingerprint density at radius 1 is 1.67 bits per heavy atom. The lowest BCUT2D eigenvalue weighted by Crippen LogP contribution is -2.15. The molecular formula is C11H16N2O2. The molecule has 1 aromatic rings. The van der Waals surface area contributed by atoms with Crippen molar-refractivity contribution < 1.29 is 9.90 Å². The van der Waals surface area contributed by atoms with Crippen LogP contribution in [0.15, 0.2) is 0 Å². The van der Waals surface area contributed by atoms with Crippen LogP contribution in [0.2, 0.25) is 0 Å². The summed E-state index contributed by atoms with van der Waals surface area (Å²) in [6.07, 6.45) is 2.76. The van der Waals surface area contributed by atoms with Crippen LogP contribution in [0, 0.1) is 12.8 Å². The Morgan fingerprint density at radius 2 is 2.40 bits per heavy atom. The van der Waals surface area contributed by atoms with E-state index < -0.39 is 5.97 Å². The highest BCUT2D eigenvalue weighted by molar-refractivity contribution is 5.69. The second-order valence-corrected chi connectivity index (χ2v) is 4.26. The first-order valence-electron chi connectivity index (χ1n) is 5.37. The number of carboxylic acid groups (broad SMARTS) is 1. The number of carbonyl (C=O) groups is 1. The van der Waals surface area contributed by atoms with E-state index in [9.17, 15) is 4.79 Å². The van der Waals surface area contributed by atoms with Gasteiger partial charge in [-0.25, -0.2) is 4.98 Å². The van der Waals surface area contributed by atoms with Crippen LogP contribution >= 0.6 is 0 Å². The molecule has 2 rings (SSSR count). The zero-order valence-electron chi connectivity index (χ0n) is 9.16. The van der Waals surface area contributed by atoms with Gasteiger partial charge in [-0.15, -0.1) is 0 Å². The largest absolute Gasteiger partial charge is 0.481 e. The van der Waals surface area contributed by atoms with Crippen molar-refractivity contribution in [1.82, 2.24) is 9.55 Å². The van der Waals surface area contributed by atoms with Gasteiger partial charge in [0, 0.05) is 25.1 Å². The maximum absolute atomic E-state index is 10.8. The topological polar surface area (TPSA) is 55.1 Å². The Hall–Kier alpha value is -1.32. The van der Waals surface area contributed by atoms with Gasteiger partial charge in [-0.2, -0.15) is 0 Å². The van der Waals surface area contributed by atoms with Crippen LogP contribution < -0.4 is 0 Å². The van der Waals surface area contributed by atoms with Gasteiger partial charge >= 0.3 is 5.97 Å². The summed E-state index contributed by atoms with van der Waals surface area (Å²) >= 11 is 0. The second-order valence-electron chi connectivity index (χ2n) is 4.26. The summed E-state index contributed by atoms with van der Waals surface area (Å²) in [6.45, 7) is 4.71. The Bertz CT molecular complexity index is 396. The van der Waals surface area contributed by atoms with Gasteiger partial charge in [0.25, 0.3) is 0 Å². The fourth-order valence-corrected chi connectivity index (χ4v) is 2.15. The fraction of sp³-hybridized carbons (Fsp3) is 0.636. The molecule has 1 aliphatic rings. The van der Waals surface area contributed by atoms with Crippen molar-refractivity contribution in [2.24, 2.45) is 5.92 Å². The van der Waals surface area contributed by atoms with Crippen LogP contribution in [0.5, 0.6) is 0 Å². The average molecular weight is 208 g/mol. The molecule has 82 valence electrons. The van der Waals surface area contributed by atoms with Crippen LogP contribution in [0.3, 0.4) is 0 Å². The lowest BCUT2D eigenvalue weighted by molar-refractivity contribution is -0.141. The van der Waals surface area contributed by atoms with Gasteiger partial charge < -0.3 is 9.67 Å². The number of aliphatic carboxylic acids is 1. The highest BCUT2D eigenvalue weighted by atomic mass is 16.4. The number of hydrogen-bond acceptors (Lipinski definition) is 2. The smallest absolute Gasteiger partial charge is 0.306 e. The monoisotopic (exact) mass is 208 g/mol. The molecule has 0 saturated carbocycles. The van der Waals surface area contributed by atoms with E-state index in [1.54, 1.807) is 6.92 Å². The van der Waals surface area contributed by atoms with Gasteiger partial charge in [0.2, 0.25) is 0 Å². The molecule has 0 amide bonds. The highest BCUT2D eigenvalue weighted by Gasteiger charge is 2.22. The summed E-state index contributed by atoms with van der Waals surface area (Å²) in [4.78, 5) is 15.3. The van der Waals surface area contributed by atoms with Crippen LogP contribution in [0.4, 0.5) is 0 Å². The fourth-order valence-electron chi connectivity index (χ4n) is 2.15. The normalized spacial score (nSPS) is 16.4. The van der Waals surface area contributed by atoms with E-state index in [0.717, 1.165) is 36.6 Å².